The van der Waals surface area contributed by atoms with Crippen molar-refractivity contribution in [2.45, 2.75) is 39.5 Å². The van der Waals surface area contributed by atoms with Gasteiger partial charge in [0.2, 0.25) is 0 Å². The summed E-state index contributed by atoms with van der Waals surface area (Å²) >= 11 is 1.40. The number of fused-ring (bicyclic) bond motifs is 1. The van der Waals surface area contributed by atoms with Crippen LogP contribution in [-0.2, 0) is 17.6 Å². The Morgan fingerprint density at radius 3 is 2.68 bits per heavy atom. The highest BCUT2D eigenvalue weighted by atomic mass is 32.1. The van der Waals surface area contributed by atoms with Crippen LogP contribution in [0.1, 0.15) is 46.3 Å². The molecule has 132 valence electrons. The number of hydrogen-bond acceptors (Lipinski definition) is 7. The maximum absolute atomic E-state index is 12.4. The Bertz CT molecular complexity index is 954. The van der Waals surface area contributed by atoms with Gasteiger partial charge in [-0.1, -0.05) is 0 Å². The third-order valence-corrected chi connectivity index (χ3v) is 5.15. The van der Waals surface area contributed by atoms with E-state index in [2.05, 4.69) is 20.2 Å². The largest absolute Gasteiger partial charge is 0.462 e. The van der Waals surface area contributed by atoms with E-state index in [1.54, 1.807) is 13.8 Å². The van der Waals surface area contributed by atoms with Crippen molar-refractivity contribution in [1.82, 2.24) is 9.97 Å². The maximum atomic E-state index is 12.4. The van der Waals surface area contributed by atoms with Gasteiger partial charge in [0.25, 0.3) is 5.56 Å². The Balaban J connectivity index is 2.05. The molecule has 2 N–H and O–H groups in total. The number of azo groups is 1. The molecular weight excluding hydrogens is 344 g/mol. The number of aromatic nitrogens is 2. The predicted octanol–water partition coefficient (Wildman–Crippen LogP) is 2.90. The van der Waals surface area contributed by atoms with E-state index in [0.29, 0.717) is 16.3 Å². The van der Waals surface area contributed by atoms with Gasteiger partial charge in [-0.2, -0.15) is 0 Å². The van der Waals surface area contributed by atoms with Crippen LogP contribution >= 0.6 is 11.3 Å². The Kier molecular flexibility index (Phi) is 4.93. The summed E-state index contributed by atoms with van der Waals surface area (Å²) in [5.74, 6) is -0.414. The van der Waals surface area contributed by atoms with Crippen molar-refractivity contribution < 1.29 is 9.53 Å². The molecule has 1 aliphatic rings. The number of H-pyrrole nitrogens is 2. The number of nitrogens with zero attached hydrogens (tertiary/aromatic N) is 2. The fourth-order valence-electron chi connectivity index (χ4n) is 2.84. The maximum Gasteiger partial charge on any atom is 0.341 e. The van der Waals surface area contributed by atoms with Gasteiger partial charge in [-0.05, 0) is 45.1 Å². The van der Waals surface area contributed by atoms with Crippen molar-refractivity contribution in [2.75, 3.05) is 6.61 Å². The number of hydrogen-bond donors (Lipinski definition) is 2. The van der Waals surface area contributed by atoms with Gasteiger partial charge in [-0.25, -0.2) is 9.59 Å². The standard InChI is InChI=1S/C16H18N4O4S/c1-3-24-15(22)11-9-6-4-5-7-10(9)25-14(11)20-19-12-8(2)17-16(23)18-13(12)21/h3-7H2,1-2H3,(H2,17,18,21,23). The second kappa shape index (κ2) is 7.14. The highest BCUT2D eigenvalue weighted by Crippen LogP contribution is 2.40. The molecule has 1 aliphatic carbocycles. The lowest BCUT2D eigenvalue weighted by atomic mass is 9.95. The molecular formula is C16H18N4O4S. The number of carbonyl (C=O) groups excluding carboxylic acids is 1. The monoisotopic (exact) mass is 362 g/mol. The number of rotatable bonds is 4. The number of nitrogens with one attached hydrogen (secondary N) is 2. The fraction of sp³-hybridized carbons (Fsp3) is 0.438. The molecule has 0 unspecified atom stereocenters. The van der Waals surface area contributed by atoms with Crippen LogP contribution in [0, 0.1) is 6.92 Å². The zero-order chi connectivity index (χ0) is 18.0. The number of carbonyl (C=O) groups is 1. The van der Waals surface area contributed by atoms with Gasteiger partial charge < -0.3 is 9.72 Å². The molecule has 0 amide bonds. The minimum atomic E-state index is -0.621. The minimum Gasteiger partial charge on any atom is -0.462 e. The normalized spacial score (nSPS) is 13.8. The highest BCUT2D eigenvalue weighted by Gasteiger charge is 2.26. The summed E-state index contributed by atoms with van der Waals surface area (Å²) in [4.78, 5) is 41.2. The first kappa shape index (κ1) is 17.3. The van der Waals surface area contributed by atoms with E-state index in [-0.39, 0.29) is 12.3 Å². The second-order valence-electron chi connectivity index (χ2n) is 5.69. The molecule has 2 aromatic rings. The van der Waals surface area contributed by atoms with Gasteiger partial charge in [0.05, 0.1) is 6.61 Å². The highest BCUT2D eigenvalue weighted by molar-refractivity contribution is 7.16. The molecule has 0 saturated carbocycles. The van der Waals surface area contributed by atoms with Gasteiger partial charge in [-0.3, -0.25) is 9.78 Å². The van der Waals surface area contributed by atoms with Crippen molar-refractivity contribution in [1.29, 1.82) is 0 Å². The molecule has 0 aliphatic heterocycles. The van der Waals surface area contributed by atoms with E-state index in [9.17, 15) is 14.4 Å². The van der Waals surface area contributed by atoms with Crippen LogP contribution in [0.4, 0.5) is 10.7 Å². The molecule has 3 rings (SSSR count). The molecule has 0 saturated heterocycles. The topological polar surface area (TPSA) is 117 Å². The van der Waals surface area contributed by atoms with Crippen LogP contribution in [-0.4, -0.2) is 22.5 Å². The summed E-state index contributed by atoms with van der Waals surface area (Å²) in [5, 5.41) is 8.55. The number of aromatic amines is 2. The summed E-state index contributed by atoms with van der Waals surface area (Å²) < 4.78 is 5.16. The molecule has 9 heteroatoms. The van der Waals surface area contributed by atoms with Crippen LogP contribution in [0.2, 0.25) is 0 Å². The van der Waals surface area contributed by atoms with Crippen molar-refractivity contribution in [2.24, 2.45) is 10.2 Å². The van der Waals surface area contributed by atoms with Crippen LogP contribution in [0.25, 0.3) is 0 Å². The Morgan fingerprint density at radius 1 is 1.20 bits per heavy atom. The Labute approximate surface area is 147 Å². The van der Waals surface area contributed by atoms with Gasteiger partial charge >= 0.3 is 11.7 Å². The molecule has 0 bridgehead atoms. The van der Waals surface area contributed by atoms with E-state index < -0.39 is 17.2 Å². The third-order valence-electron chi connectivity index (χ3n) is 3.97. The van der Waals surface area contributed by atoms with E-state index in [1.807, 2.05) is 0 Å². The second-order valence-corrected chi connectivity index (χ2v) is 6.78. The number of aryl methyl sites for hydroxylation is 2. The molecule has 0 fully saturated rings. The summed E-state index contributed by atoms with van der Waals surface area (Å²) in [6.45, 7) is 3.59. The molecule has 0 atom stereocenters. The average Bonchev–Trinajstić information content (AvgIpc) is 2.92. The van der Waals surface area contributed by atoms with Crippen LogP contribution in [0.5, 0.6) is 0 Å². The lowest BCUT2D eigenvalue weighted by molar-refractivity contribution is 0.0526. The number of thiophene rings is 1. The van der Waals surface area contributed by atoms with Crippen molar-refractivity contribution >= 4 is 28.0 Å². The van der Waals surface area contributed by atoms with E-state index in [0.717, 1.165) is 36.1 Å². The first-order valence-corrected chi connectivity index (χ1v) is 8.89. The van der Waals surface area contributed by atoms with Gasteiger partial charge in [0, 0.05) is 10.6 Å². The molecule has 0 aromatic carbocycles. The lowest BCUT2D eigenvalue weighted by Gasteiger charge is -2.11. The van der Waals surface area contributed by atoms with Crippen molar-refractivity contribution in [3.8, 4) is 0 Å². The van der Waals surface area contributed by atoms with Crippen LogP contribution < -0.4 is 11.2 Å². The summed E-state index contributed by atoms with van der Waals surface area (Å²) in [5.41, 5.74) is 0.543. The van der Waals surface area contributed by atoms with Crippen LogP contribution in [0.3, 0.4) is 0 Å². The SMILES string of the molecule is CCOC(=O)c1c(N=Nc2c(C)[nH]c(=O)[nH]c2=O)sc2c1CCCC2. The van der Waals surface area contributed by atoms with E-state index >= 15 is 0 Å². The first-order chi connectivity index (χ1) is 12.0. The molecule has 0 radical (unpaired) electrons. The predicted molar refractivity (Wildman–Crippen MR) is 93.5 cm³/mol. The van der Waals surface area contributed by atoms with Crippen molar-refractivity contribution in [3.63, 3.8) is 0 Å². The van der Waals surface area contributed by atoms with Gasteiger partial charge in [0.15, 0.2) is 10.7 Å². The fourth-order valence-corrected chi connectivity index (χ4v) is 4.04. The smallest absolute Gasteiger partial charge is 0.341 e. The van der Waals surface area contributed by atoms with Gasteiger partial charge in [0.1, 0.15) is 5.56 Å². The summed E-state index contributed by atoms with van der Waals surface area (Å²) in [6.07, 6.45) is 3.81. The molecule has 2 aromatic heterocycles. The van der Waals surface area contributed by atoms with Crippen molar-refractivity contribution in [3.05, 3.63) is 42.5 Å². The number of ether oxygens (including phenoxy) is 1. The third kappa shape index (κ3) is 3.46. The Hall–Kier alpha value is -2.55. The zero-order valence-electron chi connectivity index (χ0n) is 14.0. The molecule has 2 heterocycles. The first-order valence-electron chi connectivity index (χ1n) is 8.07. The summed E-state index contributed by atoms with van der Waals surface area (Å²) in [7, 11) is 0. The van der Waals surface area contributed by atoms with E-state index in [1.165, 1.54) is 11.3 Å². The van der Waals surface area contributed by atoms with Crippen LogP contribution in [0.15, 0.2) is 19.8 Å². The zero-order valence-corrected chi connectivity index (χ0v) is 14.8. The number of esters is 1. The molecule has 25 heavy (non-hydrogen) atoms. The average molecular weight is 362 g/mol. The van der Waals surface area contributed by atoms with E-state index in [4.69, 9.17) is 4.74 Å². The van der Waals surface area contributed by atoms with Gasteiger partial charge in [-0.15, -0.1) is 21.6 Å². The minimum absolute atomic E-state index is 0.0146. The Morgan fingerprint density at radius 2 is 1.96 bits per heavy atom. The molecule has 8 nitrogen and oxygen atoms in total. The summed E-state index contributed by atoms with van der Waals surface area (Å²) in [6, 6.07) is 0. The lowest BCUT2D eigenvalue weighted by Crippen LogP contribution is -2.22. The molecule has 0 spiro atoms. The quantitative estimate of drug-likeness (QED) is 0.642.